The predicted octanol–water partition coefficient (Wildman–Crippen LogP) is 0.947. The highest BCUT2D eigenvalue weighted by Crippen LogP contribution is 2.29. The molecule has 2 aliphatic rings. The molecule has 0 bridgehead atoms. The Hall–Kier alpha value is -1.39. The van der Waals surface area contributed by atoms with E-state index in [4.69, 9.17) is 0 Å². The van der Waals surface area contributed by atoms with Crippen molar-refractivity contribution in [2.24, 2.45) is 10.9 Å². The number of amides is 2. The standard InChI is InChI=1S/C12H19N3O2/c1-2-3-8-4-6-9(7-5-8)13-12-14-10(16)11(17)15-12/h8-9H,2-7H2,1H3,(H2,13,14,15,16,17). The van der Waals surface area contributed by atoms with Gasteiger partial charge in [-0.2, -0.15) is 0 Å². The van der Waals surface area contributed by atoms with Crippen molar-refractivity contribution in [3.8, 4) is 0 Å². The molecule has 1 saturated carbocycles. The molecule has 1 aliphatic heterocycles. The fourth-order valence-electron chi connectivity index (χ4n) is 2.58. The summed E-state index contributed by atoms with van der Waals surface area (Å²) in [6, 6.07) is 0.247. The number of nitrogens with one attached hydrogen (secondary N) is 2. The van der Waals surface area contributed by atoms with Crippen molar-refractivity contribution in [2.75, 3.05) is 0 Å². The van der Waals surface area contributed by atoms with Crippen LogP contribution >= 0.6 is 0 Å². The second-order valence-corrected chi connectivity index (χ2v) is 4.85. The summed E-state index contributed by atoms with van der Waals surface area (Å²) >= 11 is 0. The average Bonchev–Trinajstić information content (AvgIpc) is 2.61. The van der Waals surface area contributed by atoms with Gasteiger partial charge in [-0.1, -0.05) is 19.8 Å². The van der Waals surface area contributed by atoms with Crippen LogP contribution < -0.4 is 10.6 Å². The molecular weight excluding hydrogens is 218 g/mol. The van der Waals surface area contributed by atoms with Crippen molar-refractivity contribution >= 4 is 17.8 Å². The van der Waals surface area contributed by atoms with Gasteiger partial charge in [0.25, 0.3) is 0 Å². The normalized spacial score (nSPS) is 28.9. The Morgan fingerprint density at radius 1 is 1.12 bits per heavy atom. The molecule has 0 atom stereocenters. The molecule has 2 fully saturated rings. The van der Waals surface area contributed by atoms with Gasteiger partial charge in [0.15, 0.2) is 0 Å². The van der Waals surface area contributed by atoms with Gasteiger partial charge >= 0.3 is 11.8 Å². The van der Waals surface area contributed by atoms with Gasteiger partial charge in [0.2, 0.25) is 5.96 Å². The summed E-state index contributed by atoms with van der Waals surface area (Å²) in [6.45, 7) is 2.22. The number of nitrogens with zero attached hydrogens (tertiary/aromatic N) is 1. The highest BCUT2D eigenvalue weighted by atomic mass is 16.2. The molecule has 0 unspecified atom stereocenters. The van der Waals surface area contributed by atoms with Crippen molar-refractivity contribution < 1.29 is 9.59 Å². The quantitative estimate of drug-likeness (QED) is 0.717. The molecular formula is C12H19N3O2. The molecule has 1 heterocycles. The van der Waals surface area contributed by atoms with Gasteiger partial charge in [-0.15, -0.1) is 0 Å². The minimum atomic E-state index is -0.608. The minimum absolute atomic E-state index is 0.247. The lowest BCUT2D eigenvalue weighted by Crippen LogP contribution is -2.29. The van der Waals surface area contributed by atoms with Gasteiger partial charge in [0, 0.05) is 0 Å². The van der Waals surface area contributed by atoms with Gasteiger partial charge in [-0.05, 0) is 31.6 Å². The van der Waals surface area contributed by atoms with Crippen molar-refractivity contribution in [1.29, 1.82) is 0 Å². The lowest BCUT2D eigenvalue weighted by atomic mass is 9.84. The van der Waals surface area contributed by atoms with Crippen molar-refractivity contribution in [2.45, 2.75) is 51.5 Å². The molecule has 17 heavy (non-hydrogen) atoms. The third-order valence-corrected chi connectivity index (χ3v) is 3.49. The van der Waals surface area contributed by atoms with Crippen LogP contribution in [-0.2, 0) is 9.59 Å². The number of carbonyl (C=O) groups excluding carboxylic acids is 2. The van der Waals surface area contributed by atoms with E-state index in [1.807, 2.05) is 0 Å². The summed E-state index contributed by atoms with van der Waals surface area (Å²) < 4.78 is 0. The largest absolute Gasteiger partial charge is 0.316 e. The zero-order chi connectivity index (χ0) is 12.3. The summed E-state index contributed by atoms with van der Waals surface area (Å²) in [5, 5.41) is 4.88. The van der Waals surface area contributed by atoms with Gasteiger partial charge in [-0.25, -0.2) is 4.99 Å². The van der Waals surface area contributed by atoms with E-state index < -0.39 is 11.8 Å². The first-order chi connectivity index (χ1) is 8.19. The molecule has 0 aromatic heterocycles. The second kappa shape index (κ2) is 5.29. The maximum Gasteiger partial charge on any atom is 0.316 e. The molecule has 0 spiro atoms. The van der Waals surface area contributed by atoms with Gasteiger partial charge in [0.05, 0.1) is 6.04 Å². The van der Waals surface area contributed by atoms with Crippen LogP contribution in [0, 0.1) is 5.92 Å². The van der Waals surface area contributed by atoms with Gasteiger partial charge in [-0.3, -0.25) is 20.2 Å². The lowest BCUT2D eigenvalue weighted by molar-refractivity contribution is -0.135. The average molecular weight is 237 g/mol. The summed E-state index contributed by atoms with van der Waals surface area (Å²) in [4.78, 5) is 26.3. The highest BCUT2D eigenvalue weighted by Gasteiger charge is 2.27. The second-order valence-electron chi connectivity index (χ2n) is 4.85. The molecule has 0 aromatic carbocycles. The smallest absolute Gasteiger partial charge is 0.288 e. The zero-order valence-electron chi connectivity index (χ0n) is 10.2. The fourth-order valence-corrected chi connectivity index (χ4v) is 2.58. The molecule has 2 amide bonds. The Balaban J connectivity index is 1.84. The van der Waals surface area contributed by atoms with Gasteiger partial charge < -0.3 is 0 Å². The first-order valence-electron chi connectivity index (χ1n) is 6.39. The number of hydrogen-bond donors (Lipinski definition) is 2. The van der Waals surface area contributed by atoms with E-state index in [1.54, 1.807) is 0 Å². The Bertz CT molecular complexity index is 326. The summed E-state index contributed by atoms with van der Waals surface area (Å²) in [7, 11) is 0. The number of aliphatic imine (C=N–C) groups is 1. The lowest BCUT2D eigenvalue weighted by Gasteiger charge is -2.26. The van der Waals surface area contributed by atoms with Crippen LogP contribution in [0.1, 0.15) is 45.4 Å². The van der Waals surface area contributed by atoms with Crippen molar-refractivity contribution in [3.05, 3.63) is 0 Å². The van der Waals surface area contributed by atoms with Crippen LogP contribution in [0.15, 0.2) is 4.99 Å². The molecule has 1 saturated heterocycles. The van der Waals surface area contributed by atoms with Crippen LogP contribution in [0.5, 0.6) is 0 Å². The van der Waals surface area contributed by atoms with Crippen molar-refractivity contribution in [1.82, 2.24) is 10.6 Å². The Kier molecular flexibility index (Phi) is 3.76. The van der Waals surface area contributed by atoms with Gasteiger partial charge in [0.1, 0.15) is 0 Å². The van der Waals surface area contributed by atoms with Crippen LogP contribution in [-0.4, -0.2) is 23.8 Å². The maximum absolute atomic E-state index is 11.0. The third-order valence-electron chi connectivity index (χ3n) is 3.49. The molecule has 5 nitrogen and oxygen atoms in total. The van der Waals surface area contributed by atoms with Crippen LogP contribution in [0.2, 0.25) is 0 Å². The minimum Gasteiger partial charge on any atom is -0.288 e. The highest BCUT2D eigenvalue weighted by molar-refractivity contribution is 6.45. The molecule has 0 radical (unpaired) electrons. The summed E-state index contributed by atoms with van der Waals surface area (Å²) in [6.07, 6.45) is 7.07. The van der Waals surface area contributed by atoms with E-state index >= 15 is 0 Å². The molecule has 0 aromatic rings. The first kappa shape index (κ1) is 12.1. The summed E-state index contributed by atoms with van der Waals surface area (Å²) in [5.41, 5.74) is 0. The van der Waals surface area contributed by atoms with E-state index in [1.165, 1.54) is 25.7 Å². The summed E-state index contributed by atoms with van der Waals surface area (Å²) in [5.74, 6) is -0.0463. The monoisotopic (exact) mass is 237 g/mol. The third kappa shape index (κ3) is 3.05. The van der Waals surface area contributed by atoms with Crippen LogP contribution in [0.25, 0.3) is 0 Å². The number of guanidine groups is 1. The van der Waals surface area contributed by atoms with E-state index in [0.29, 0.717) is 5.96 Å². The SMILES string of the molecule is CCCC1CCC(N=C2NC(=O)C(=O)N2)CC1. The van der Waals surface area contributed by atoms with Crippen LogP contribution in [0.4, 0.5) is 0 Å². The van der Waals surface area contributed by atoms with E-state index in [0.717, 1.165) is 18.8 Å². The van der Waals surface area contributed by atoms with E-state index in [9.17, 15) is 9.59 Å². The van der Waals surface area contributed by atoms with E-state index in [-0.39, 0.29) is 6.04 Å². The molecule has 5 heteroatoms. The van der Waals surface area contributed by atoms with Crippen LogP contribution in [0.3, 0.4) is 0 Å². The predicted molar refractivity (Wildman–Crippen MR) is 64.4 cm³/mol. The Morgan fingerprint density at radius 2 is 1.71 bits per heavy atom. The topological polar surface area (TPSA) is 70.6 Å². The maximum atomic E-state index is 11.0. The number of rotatable bonds is 3. The first-order valence-corrected chi connectivity index (χ1v) is 6.39. The zero-order valence-corrected chi connectivity index (χ0v) is 10.2. The molecule has 2 rings (SSSR count). The number of hydrogen-bond acceptors (Lipinski definition) is 3. The molecule has 2 N–H and O–H groups in total. The van der Waals surface area contributed by atoms with Crippen molar-refractivity contribution in [3.63, 3.8) is 0 Å². The molecule has 1 aliphatic carbocycles. The van der Waals surface area contributed by atoms with E-state index in [2.05, 4.69) is 22.5 Å². The Labute approximate surface area is 101 Å². The molecule has 94 valence electrons. The Morgan fingerprint density at radius 3 is 2.24 bits per heavy atom. The number of carbonyl (C=O) groups is 2. The fraction of sp³-hybridized carbons (Fsp3) is 0.750.